The van der Waals surface area contributed by atoms with Crippen LogP contribution in [0.2, 0.25) is 0 Å². The number of methoxy groups -OCH3 is 1. The molecule has 18 heavy (non-hydrogen) atoms. The highest BCUT2D eigenvalue weighted by atomic mass is 19.1. The average molecular weight is 241 g/mol. The molecule has 0 spiro atoms. The Hall–Kier alpha value is -2.29. The van der Waals surface area contributed by atoms with Crippen LogP contribution in [0.4, 0.5) is 4.39 Å². The Morgan fingerprint density at radius 3 is 2.50 bits per heavy atom. The smallest absolute Gasteiger partial charge is 0.123 e. The maximum absolute atomic E-state index is 12.9. The van der Waals surface area contributed by atoms with Gasteiger partial charge in [-0.15, -0.1) is 0 Å². The minimum Gasteiger partial charge on any atom is -0.497 e. The summed E-state index contributed by atoms with van der Waals surface area (Å²) >= 11 is 0. The maximum Gasteiger partial charge on any atom is 0.123 e. The summed E-state index contributed by atoms with van der Waals surface area (Å²) in [4.78, 5) is 0. The van der Waals surface area contributed by atoms with Crippen LogP contribution in [-0.4, -0.2) is 11.7 Å². The number of ether oxygens (including phenoxy) is 1. The number of hydrogen-bond acceptors (Lipinski definition) is 1. The lowest BCUT2D eigenvalue weighted by atomic mass is 10.2. The van der Waals surface area contributed by atoms with Crippen LogP contribution < -0.4 is 4.74 Å². The van der Waals surface area contributed by atoms with Crippen molar-refractivity contribution < 1.29 is 9.13 Å². The fourth-order valence-corrected chi connectivity index (χ4v) is 2.07. The van der Waals surface area contributed by atoms with Crippen LogP contribution in [0.15, 0.2) is 54.7 Å². The molecule has 0 saturated heterocycles. The van der Waals surface area contributed by atoms with E-state index in [4.69, 9.17) is 4.74 Å². The molecule has 0 radical (unpaired) electrons. The van der Waals surface area contributed by atoms with Gasteiger partial charge in [0.2, 0.25) is 0 Å². The molecule has 0 saturated carbocycles. The van der Waals surface area contributed by atoms with Gasteiger partial charge in [0.25, 0.3) is 0 Å². The Kier molecular flexibility index (Phi) is 2.52. The molecule has 1 heterocycles. The van der Waals surface area contributed by atoms with Crippen molar-refractivity contribution >= 4 is 10.9 Å². The summed E-state index contributed by atoms with van der Waals surface area (Å²) in [5.41, 5.74) is 2.01. The van der Waals surface area contributed by atoms with Crippen molar-refractivity contribution in [3.8, 4) is 11.4 Å². The Bertz CT molecular complexity index is 685. The average Bonchev–Trinajstić information content (AvgIpc) is 2.82. The summed E-state index contributed by atoms with van der Waals surface area (Å²) < 4.78 is 20.1. The van der Waals surface area contributed by atoms with E-state index in [1.54, 1.807) is 19.2 Å². The molecule has 1 aromatic heterocycles. The van der Waals surface area contributed by atoms with E-state index in [0.717, 1.165) is 22.3 Å². The summed E-state index contributed by atoms with van der Waals surface area (Å²) in [5.74, 6) is 0.608. The minimum absolute atomic E-state index is 0.225. The van der Waals surface area contributed by atoms with Crippen molar-refractivity contribution in [3.05, 3.63) is 60.5 Å². The third-order valence-corrected chi connectivity index (χ3v) is 3.00. The van der Waals surface area contributed by atoms with Crippen molar-refractivity contribution in [3.63, 3.8) is 0 Å². The predicted octanol–water partition coefficient (Wildman–Crippen LogP) is 3.78. The van der Waals surface area contributed by atoms with Crippen LogP contribution in [-0.2, 0) is 0 Å². The van der Waals surface area contributed by atoms with Gasteiger partial charge < -0.3 is 9.30 Å². The van der Waals surface area contributed by atoms with Gasteiger partial charge in [-0.2, -0.15) is 0 Å². The fraction of sp³-hybridized carbons (Fsp3) is 0.0667. The van der Waals surface area contributed by atoms with E-state index >= 15 is 0 Å². The maximum atomic E-state index is 12.9. The second-order valence-electron chi connectivity index (χ2n) is 4.09. The van der Waals surface area contributed by atoms with Gasteiger partial charge >= 0.3 is 0 Å². The Morgan fingerprint density at radius 2 is 1.78 bits per heavy atom. The van der Waals surface area contributed by atoms with Crippen LogP contribution in [0, 0.1) is 5.82 Å². The minimum atomic E-state index is -0.225. The Balaban J connectivity index is 2.15. The first-order chi connectivity index (χ1) is 8.78. The number of fused-ring (bicyclic) bond motifs is 1. The summed E-state index contributed by atoms with van der Waals surface area (Å²) in [6, 6.07) is 14.4. The number of aromatic nitrogens is 1. The summed E-state index contributed by atoms with van der Waals surface area (Å²) in [6.45, 7) is 0. The van der Waals surface area contributed by atoms with Crippen LogP contribution >= 0.6 is 0 Å². The zero-order valence-electron chi connectivity index (χ0n) is 9.93. The largest absolute Gasteiger partial charge is 0.497 e. The number of rotatable bonds is 2. The van der Waals surface area contributed by atoms with Gasteiger partial charge in [0.1, 0.15) is 11.6 Å². The predicted molar refractivity (Wildman–Crippen MR) is 69.8 cm³/mol. The molecular formula is C15H12FNO. The second-order valence-corrected chi connectivity index (χ2v) is 4.09. The molecule has 0 atom stereocenters. The molecule has 3 rings (SSSR count). The van der Waals surface area contributed by atoms with E-state index in [9.17, 15) is 4.39 Å². The normalized spacial score (nSPS) is 10.8. The van der Waals surface area contributed by atoms with E-state index in [0.29, 0.717) is 0 Å². The molecule has 0 bridgehead atoms. The molecular weight excluding hydrogens is 229 g/mol. The zero-order valence-corrected chi connectivity index (χ0v) is 9.93. The molecule has 0 aliphatic rings. The first kappa shape index (κ1) is 10.8. The Labute approximate surface area is 104 Å². The first-order valence-electron chi connectivity index (χ1n) is 5.69. The number of hydrogen-bond donors (Lipinski definition) is 0. The van der Waals surface area contributed by atoms with Crippen LogP contribution in [0.1, 0.15) is 0 Å². The van der Waals surface area contributed by atoms with E-state index in [-0.39, 0.29) is 5.82 Å². The Morgan fingerprint density at radius 1 is 1.00 bits per heavy atom. The van der Waals surface area contributed by atoms with Gasteiger partial charge in [-0.1, -0.05) is 0 Å². The van der Waals surface area contributed by atoms with Crippen LogP contribution in [0.5, 0.6) is 5.75 Å². The molecule has 2 aromatic carbocycles. The van der Waals surface area contributed by atoms with Gasteiger partial charge in [0, 0.05) is 17.3 Å². The van der Waals surface area contributed by atoms with Gasteiger partial charge in [-0.05, 0) is 48.5 Å². The lowest BCUT2D eigenvalue weighted by Gasteiger charge is -2.06. The van der Waals surface area contributed by atoms with Crippen LogP contribution in [0.3, 0.4) is 0 Å². The van der Waals surface area contributed by atoms with Crippen molar-refractivity contribution in [2.45, 2.75) is 0 Å². The molecule has 0 unspecified atom stereocenters. The number of nitrogens with zero attached hydrogens (tertiary/aromatic N) is 1. The lowest BCUT2D eigenvalue weighted by Crippen LogP contribution is -1.91. The van der Waals surface area contributed by atoms with Crippen molar-refractivity contribution in [1.82, 2.24) is 4.57 Å². The molecule has 90 valence electrons. The first-order valence-corrected chi connectivity index (χ1v) is 5.69. The van der Waals surface area contributed by atoms with E-state index in [1.807, 2.05) is 35.0 Å². The van der Waals surface area contributed by atoms with Gasteiger partial charge in [0.15, 0.2) is 0 Å². The standard InChI is InChI=1S/C15H12FNO/c1-18-14-6-7-15-11(10-14)8-9-17(15)13-4-2-12(16)3-5-13/h2-10H,1H3. The highest BCUT2D eigenvalue weighted by molar-refractivity contribution is 5.83. The molecule has 0 aliphatic heterocycles. The van der Waals surface area contributed by atoms with Crippen LogP contribution in [0.25, 0.3) is 16.6 Å². The third-order valence-electron chi connectivity index (χ3n) is 3.00. The SMILES string of the molecule is COc1ccc2c(ccn2-c2ccc(F)cc2)c1. The molecule has 0 amide bonds. The summed E-state index contributed by atoms with van der Waals surface area (Å²) in [5, 5.41) is 1.10. The van der Waals surface area contributed by atoms with Gasteiger partial charge in [-0.3, -0.25) is 0 Å². The highest BCUT2D eigenvalue weighted by Gasteiger charge is 2.04. The molecule has 0 aliphatic carbocycles. The third kappa shape index (κ3) is 1.74. The van der Waals surface area contributed by atoms with Crippen molar-refractivity contribution in [2.75, 3.05) is 7.11 Å². The van der Waals surface area contributed by atoms with E-state index in [1.165, 1.54) is 12.1 Å². The number of halogens is 1. The van der Waals surface area contributed by atoms with Gasteiger partial charge in [0.05, 0.1) is 12.6 Å². The van der Waals surface area contributed by atoms with E-state index in [2.05, 4.69) is 0 Å². The molecule has 0 fully saturated rings. The summed E-state index contributed by atoms with van der Waals surface area (Å²) in [7, 11) is 1.65. The van der Waals surface area contributed by atoms with Crippen molar-refractivity contribution in [1.29, 1.82) is 0 Å². The molecule has 3 heteroatoms. The zero-order chi connectivity index (χ0) is 12.5. The van der Waals surface area contributed by atoms with Crippen molar-refractivity contribution in [2.24, 2.45) is 0 Å². The molecule has 0 N–H and O–H groups in total. The summed E-state index contributed by atoms with van der Waals surface area (Å²) in [6.07, 6.45) is 1.97. The lowest BCUT2D eigenvalue weighted by molar-refractivity contribution is 0.415. The second kappa shape index (κ2) is 4.18. The topological polar surface area (TPSA) is 14.2 Å². The van der Waals surface area contributed by atoms with Gasteiger partial charge in [-0.25, -0.2) is 4.39 Å². The highest BCUT2D eigenvalue weighted by Crippen LogP contribution is 2.24. The monoisotopic (exact) mass is 241 g/mol. The fourth-order valence-electron chi connectivity index (χ4n) is 2.07. The molecule has 3 aromatic rings. The van der Waals surface area contributed by atoms with E-state index < -0.39 is 0 Å². The molecule has 2 nitrogen and oxygen atoms in total. The quantitative estimate of drug-likeness (QED) is 0.666. The number of benzene rings is 2.